The van der Waals surface area contributed by atoms with E-state index in [4.69, 9.17) is 0 Å². The molecule has 1 unspecified atom stereocenters. The van der Waals surface area contributed by atoms with Crippen LogP contribution in [0.4, 0.5) is 0 Å². The predicted octanol–water partition coefficient (Wildman–Crippen LogP) is 0.791. The Kier molecular flexibility index (Phi) is 3.14. The molecule has 1 rings (SSSR count). The van der Waals surface area contributed by atoms with Gasteiger partial charge in [0.05, 0.1) is 11.8 Å². The van der Waals surface area contributed by atoms with Crippen molar-refractivity contribution in [2.75, 3.05) is 5.75 Å². The van der Waals surface area contributed by atoms with Crippen LogP contribution in [-0.4, -0.2) is 22.8 Å². The van der Waals surface area contributed by atoms with Crippen molar-refractivity contribution in [2.24, 2.45) is 5.92 Å². The molecule has 3 nitrogen and oxygen atoms in total. The lowest BCUT2D eigenvalue weighted by atomic mass is 10.0. The smallest absolute Gasteiger partial charge is 0.231 e. The lowest BCUT2D eigenvalue weighted by Crippen LogP contribution is -2.45. The fraction of sp³-hybridized carbons (Fsp3) is 0.750. The van der Waals surface area contributed by atoms with E-state index in [0.29, 0.717) is 5.92 Å². The average molecular weight is 187 g/mol. The third-order valence-corrected chi connectivity index (χ3v) is 2.65. The van der Waals surface area contributed by atoms with Gasteiger partial charge in [-0.15, -0.1) is 0 Å². The van der Waals surface area contributed by atoms with Crippen molar-refractivity contribution in [2.45, 2.75) is 26.3 Å². The first-order valence-electron chi connectivity index (χ1n) is 4.05. The number of hydrogen-bond donors (Lipinski definition) is 1. The summed E-state index contributed by atoms with van der Waals surface area (Å²) in [6.45, 7) is 4.08. The van der Waals surface area contributed by atoms with Crippen molar-refractivity contribution in [3.8, 4) is 0 Å². The molecule has 1 N–H and O–H groups in total. The molecule has 4 heteroatoms. The van der Waals surface area contributed by atoms with E-state index in [2.05, 4.69) is 5.32 Å². The van der Waals surface area contributed by atoms with Crippen molar-refractivity contribution in [1.29, 1.82) is 0 Å². The molecule has 12 heavy (non-hydrogen) atoms. The van der Waals surface area contributed by atoms with Crippen LogP contribution < -0.4 is 5.32 Å². The molecule has 1 aliphatic rings. The van der Waals surface area contributed by atoms with Crippen LogP contribution in [0.2, 0.25) is 0 Å². The number of hydrogen-bond acceptors (Lipinski definition) is 3. The summed E-state index contributed by atoms with van der Waals surface area (Å²) in [5.74, 6) is 0.705. The summed E-state index contributed by atoms with van der Waals surface area (Å²) in [5, 5.41) is 2.79. The van der Waals surface area contributed by atoms with Crippen LogP contribution in [0.3, 0.4) is 0 Å². The number of carbonyl (C=O) groups is 2. The van der Waals surface area contributed by atoms with E-state index in [-0.39, 0.29) is 22.8 Å². The van der Waals surface area contributed by atoms with Crippen LogP contribution in [0.1, 0.15) is 20.3 Å². The van der Waals surface area contributed by atoms with Gasteiger partial charge in [0.25, 0.3) is 0 Å². The lowest BCUT2D eigenvalue weighted by molar-refractivity contribution is -0.124. The maximum absolute atomic E-state index is 11.2. The Morgan fingerprint density at radius 3 is 2.83 bits per heavy atom. The third-order valence-electron chi connectivity index (χ3n) is 1.67. The maximum atomic E-state index is 11.2. The Balaban J connectivity index is 2.49. The molecule has 1 amide bonds. The zero-order chi connectivity index (χ0) is 9.14. The van der Waals surface area contributed by atoms with Gasteiger partial charge in [-0.2, -0.15) is 0 Å². The highest BCUT2D eigenvalue weighted by atomic mass is 32.2. The number of rotatable bonds is 2. The molecule has 0 spiro atoms. The molecule has 0 radical (unpaired) electrons. The first-order valence-corrected chi connectivity index (χ1v) is 5.04. The van der Waals surface area contributed by atoms with Crippen LogP contribution in [0.5, 0.6) is 0 Å². The molecule has 1 aliphatic heterocycles. The summed E-state index contributed by atoms with van der Waals surface area (Å²) in [6.07, 6.45) is 0.748. The SMILES string of the molecule is CC(C)CC1NC(=O)CSC1=O. The van der Waals surface area contributed by atoms with Gasteiger partial charge in [-0.1, -0.05) is 25.6 Å². The molecule has 68 valence electrons. The normalized spacial score (nSPS) is 24.4. The van der Waals surface area contributed by atoms with E-state index in [1.807, 2.05) is 13.8 Å². The van der Waals surface area contributed by atoms with Gasteiger partial charge in [-0.3, -0.25) is 9.59 Å². The van der Waals surface area contributed by atoms with Gasteiger partial charge in [0.2, 0.25) is 11.0 Å². The molecule has 0 saturated carbocycles. The fourth-order valence-electron chi connectivity index (χ4n) is 1.16. The van der Waals surface area contributed by atoms with Gasteiger partial charge in [0.1, 0.15) is 0 Å². The van der Waals surface area contributed by atoms with Gasteiger partial charge in [0.15, 0.2) is 0 Å². The first kappa shape index (κ1) is 9.58. The molecular formula is C8H13NO2S. The van der Waals surface area contributed by atoms with Crippen molar-refractivity contribution >= 4 is 22.8 Å². The minimum absolute atomic E-state index is 0.0229. The second-order valence-corrected chi connectivity index (χ2v) is 4.34. The molecule has 1 saturated heterocycles. The first-order chi connectivity index (χ1) is 5.59. The fourth-order valence-corrected chi connectivity index (χ4v) is 1.87. The zero-order valence-corrected chi connectivity index (χ0v) is 8.11. The van der Waals surface area contributed by atoms with Gasteiger partial charge < -0.3 is 5.32 Å². The highest BCUT2D eigenvalue weighted by Crippen LogP contribution is 2.16. The molecule has 0 bridgehead atoms. The zero-order valence-electron chi connectivity index (χ0n) is 7.29. The van der Waals surface area contributed by atoms with E-state index in [1.54, 1.807) is 0 Å². The van der Waals surface area contributed by atoms with Crippen LogP contribution in [0, 0.1) is 5.92 Å². The van der Waals surface area contributed by atoms with Crippen LogP contribution >= 0.6 is 11.8 Å². The molecule has 1 atom stereocenters. The van der Waals surface area contributed by atoms with Gasteiger partial charge in [-0.05, 0) is 12.3 Å². The van der Waals surface area contributed by atoms with Crippen molar-refractivity contribution in [1.82, 2.24) is 5.32 Å². The summed E-state index contributed by atoms with van der Waals surface area (Å²) in [5.41, 5.74) is 0. The topological polar surface area (TPSA) is 46.2 Å². The summed E-state index contributed by atoms with van der Waals surface area (Å²) in [6, 6.07) is -0.253. The van der Waals surface area contributed by atoms with Gasteiger partial charge in [0, 0.05) is 0 Å². The average Bonchev–Trinajstić information content (AvgIpc) is 1.96. The molecule has 0 aliphatic carbocycles. The van der Waals surface area contributed by atoms with Crippen molar-refractivity contribution < 1.29 is 9.59 Å². The van der Waals surface area contributed by atoms with Crippen LogP contribution in [0.15, 0.2) is 0 Å². The molecule has 0 aromatic carbocycles. The Labute approximate surface area is 76.3 Å². The third kappa shape index (κ3) is 2.52. The van der Waals surface area contributed by atoms with Gasteiger partial charge in [-0.25, -0.2) is 0 Å². The molecule has 1 fully saturated rings. The summed E-state index contributed by atoms with van der Waals surface area (Å²) in [7, 11) is 0. The van der Waals surface area contributed by atoms with Crippen molar-refractivity contribution in [3.05, 3.63) is 0 Å². The Morgan fingerprint density at radius 1 is 1.58 bits per heavy atom. The van der Waals surface area contributed by atoms with E-state index < -0.39 is 0 Å². The largest absolute Gasteiger partial charge is 0.345 e. The van der Waals surface area contributed by atoms with E-state index >= 15 is 0 Å². The predicted molar refractivity (Wildman–Crippen MR) is 48.9 cm³/mol. The van der Waals surface area contributed by atoms with E-state index in [0.717, 1.165) is 18.2 Å². The molecular weight excluding hydrogens is 174 g/mol. The standard InChI is InChI=1S/C8H13NO2S/c1-5(2)3-6-8(11)12-4-7(10)9-6/h5-6H,3-4H2,1-2H3,(H,9,10). The maximum Gasteiger partial charge on any atom is 0.231 e. The second kappa shape index (κ2) is 3.94. The minimum Gasteiger partial charge on any atom is -0.345 e. The Morgan fingerprint density at radius 2 is 2.25 bits per heavy atom. The molecule has 0 aromatic heterocycles. The van der Waals surface area contributed by atoms with E-state index in [1.165, 1.54) is 0 Å². The summed E-state index contributed by atoms with van der Waals surface area (Å²) >= 11 is 1.13. The number of carbonyl (C=O) groups excluding carboxylic acids is 2. The van der Waals surface area contributed by atoms with Crippen LogP contribution in [0.25, 0.3) is 0 Å². The number of nitrogens with one attached hydrogen (secondary N) is 1. The Bertz CT molecular complexity index is 203. The quantitative estimate of drug-likeness (QED) is 0.695. The van der Waals surface area contributed by atoms with Crippen molar-refractivity contribution in [3.63, 3.8) is 0 Å². The van der Waals surface area contributed by atoms with Gasteiger partial charge >= 0.3 is 0 Å². The minimum atomic E-state index is -0.253. The van der Waals surface area contributed by atoms with Crippen LogP contribution in [-0.2, 0) is 9.59 Å². The lowest BCUT2D eigenvalue weighted by Gasteiger charge is -2.22. The number of thioether (sulfide) groups is 1. The second-order valence-electron chi connectivity index (χ2n) is 3.36. The Hall–Kier alpha value is -0.510. The summed E-state index contributed by atoms with van der Waals surface area (Å²) in [4.78, 5) is 22.1. The number of amides is 1. The molecule has 0 aromatic rings. The monoisotopic (exact) mass is 187 g/mol. The highest BCUT2D eigenvalue weighted by molar-refractivity contribution is 8.14. The summed E-state index contributed by atoms with van der Waals surface area (Å²) < 4.78 is 0. The highest BCUT2D eigenvalue weighted by Gasteiger charge is 2.27. The molecule has 1 heterocycles. The van der Waals surface area contributed by atoms with E-state index in [9.17, 15) is 9.59 Å².